The quantitative estimate of drug-likeness (QED) is 0.564. The lowest BCUT2D eigenvalue weighted by Crippen LogP contribution is -2.59. The highest BCUT2D eigenvalue weighted by Crippen LogP contribution is 2.08. The summed E-state index contributed by atoms with van der Waals surface area (Å²) >= 11 is 0. The second kappa shape index (κ2) is 5.78. The molecule has 1 saturated heterocycles. The maximum atomic E-state index is 11.9. The molecule has 0 aromatic carbocycles. The molecule has 0 radical (unpaired) electrons. The van der Waals surface area contributed by atoms with Crippen molar-refractivity contribution < 1.29 is 19.1 Å². The number of nitrogens with two attached hydrogens (primary N) is 2. The van der Waals surface area contributed by atoms with E-state index in [1.54, 1.807) is 0 Å². The Morgan fingerprint density at radius 1 is 1.62 bits per heavy atom. The molecule has 1 heterocycles. The van der Waals surface area contributed by atoms with E-state index in [4.69, 9.17) is 20.9 Å². The van der Waals surface area contributed by atoms with Crippen molar-refractivity contribution in [2.75, 3.05) is 33.5 Å². The molecule has 1 aliphatic heterocycles. The van der Waals surface area contributed by atoms with Crippen LogP contribution in [0.15, 0.2) is 0 Å². The fraction of sp³-hybridized carbons (Fsp3) is 0.778. The summed E-state index contributed by atoms with van der Waals surface area (Å²) in [5.41, 5.74) is 10.8. The number of morpholine rings is 1. The van der Waals surface area contributed by atoms with Crippen LogP contribution in [0.25, 0.3) is 0 Å². The Hall–Kier alpha value is -1.18. The molecule has 0 spiro atoms. The second-order valence-electron chi connectivity index (χ2n) is 3.59. The monoisotopic (exact) mass is 231 g/mol. The fourth-order valence-electron chi connectivity index (χ4n) is 1.57. The minimum absolute atomic E-state index is 0.113. The van der Waals surface area contributed by atoms with Crippen LogP contribution in [-0.2, 0) is 19.1 Å². The summed E-state index contributed by atoms with van der Waals surface area (Å²) in [6, 6.07) is -1.51. The lowest BCUT2D eigenvalue weighted by molar-refractivity contribution is -0.149. The topological polar surface area (TPSA) is 108 Å². The highest BCUT2D eigenvalue weighted by atomic mass is 16.5. The zero-order chi connectivity index (χ0) is 12.1. The molecular formula is C9H17N3O4. The Kier molecular flexibility index (Phi) is 4.66. The fourth-order valence-corrected chi connectivity index (χ4v) is 1.57. The molecule has 4 N–H and O–H groups in total. The van der Waals surface area contributed by atoms with Crippen molar-refractivity contribution >= 4 is 11.8 Å². The number of carbonyl (C=O) groups excluding carboxylic acids is 2. The van der Waals surface area contributed by atoms with Gasteiger partial charge in [0, 0.05) is 13.7 Å². The third-order valence-corrected chi connectivity index (χ3v) is 2.40. The normalized spacial score (nSPS) is 22.9. The first-order valence-electron chi connectivity index (χ1n) is 5.00. The summed E-state index contributed by atoms with van der Waals surface area (Å²) in [5.74, 6) is -0.924. The molecule has 7 nitrogen and oxygen atoms in total. The summed E-state index contributed by atoms with van der Waals surface area (Å²) in [6.07, 6.45) is 0. The first-order valence-corrected chi connectivity index (χ1v) is 5.00. The Labute approximate surface area is 93.6 Å². The smallest absolute Gasteiger partial charge is 0.242 e. The molecule has 0 saturated carbocycles. The van der Waals surface area contributed by atoms with Gasteiger partial charge in [0.05, 0.1) is 19.8 Å². The molecule has 1 rings (SSSR count). The van der Waals surface area contributed by atoms with E-state index in [0.717, 1.165) is 0 Å². The lowest BCUT2D eigenvalue weighted by atomic mass is 10.1. The molecule has 2 unspecified atom stereocenters. The molecule has 92 valence electrons. The molecule has 0 bridgehead atoms. The van der Waals surface area contributed by atoms with E-state index in [0.29, 0.717) is 13.2 Å². The SMILES string of the molecule is COCC(N)C(=O)N1CCOCC1C(N)=O. The highest BCUT2D eigenvalue weighted by molar-refractivity contribution is 5.89. The number of nitrogens with zero attached hydrogens (tertiary/aromatic N) is 1. The van der Waals surface area contributed by atoms with Crippen LogP contribution < -0.4 is 11.5 Å². The molecule has 0 aromatic heterocycles. The van der Waals surface area contributed by atoms with Crippen molar-refractivity contribution in [2.45, 2.75) is 12.1 Å². The van der Waals surface area contributed by atoms with Crippen LogP contribution in [0.3, 0.4) is 0 Å². The van der Waals surface area contributed by atoms with Gasteiger partial charge in [0.15, 0.2) is 0 Å². The molecule has 2 amide bonds. The van der Waals surface area contributed by atoms with Crippen molar-refractivity contribution in [3.63, 3.8) is 0 Å². The minimum atomic E-state index is -0.773. The van der Waals surface area contributed by atoms with E-state index in [-0.39, 0.29) is 19.1 Å². The molecule has 1 aliphatic rings. The number of ether oxygens (including phenoxy) is 2. The number of hydrogen-bond acceptors (Lipinski definition) is 5. The standard InChI is InChI=1S/C9H17N3O4/c1-15-4-6(10)9(14)12-2-3-16-5-7(12)8(11)13/h6-7H,2-5,10H2,1H3,(H2,11,13). The van der Waals surface area contributed by atoms with Gasteiger partial charge in [0.2, 0.25) is 11.8 Å². The molecule has 2 atom stereocenters. The van der Waals surface area contributed by atoms with E-state index in [2.05, 4.69) is 0 Å². The van der Waals surface area contributed by atoms with Crippen molar-refractivity contribution in [3.8, 4) is 0 Å². The van der Waals surface area contributed by atoms with Gasteiger partial charge >= 0.3 is 0 Å². The predicted molar refractivity (Wildman–Crippen MR) is 55.4 cm³/mol. The molecular weight excluding hydrogens is 214 g/mol. The number of carbonyl (C=O) groups is 2. The molecule has 16 heavy (non-hydrogen) atoms. The first kappa shape index (κ1) is 12.9. The van der Waals surface area contributed by atoms with Gasteiger partial charge in [-0.25, -0.2) is 0 Å². The molecule has 0 aromatic rings. The number of primary amides is 1. The van der Waals surface area contributed by atoms with Gasteiger partial charge in [-0.3, -0.25) is 9.59 Å². The average Bonchev–Trinajstić information content (AvgIpc) is 2.28. The summed E-state index contributed by atoms with van der Waals surface area (Å²) in [5, 5.41) is 0. The maximum absolute atomic E-state index is 11.9. The molecule has 1 fully saturated rings. The van der Waals surface area contributed by atoms with E-state index in [1.165, 1.54) is 12.0 Å². The third-order valence-electron chi connectivity index (χ3n) is 2.40. The van der Waals surface area contributed by atoms with Crippen molar-refractivity contribution in [3.05, 3.63) is 0 Å². The highest BCUT2D eigenvalue weighted by Gasteiger charge is 2.33. The third kappa shape index (κ3) is 2.91. The van der Waals surface area contributed by atoms with Gasteiger partial charge in [0.1, 0.15) is 12.1 Å². The Bertz CT molecular complexity index is 271. The van der Waals surface area contributed by atoms with Gasteiger partial charge in [-0.05, 0) is 0 Å². The zero-order valence-electron chi connectivity index (χ0n) is 9.22. The maximum Gasteiger partial charge on any atom is 0.242 e. The average molecular weight is 231 g/mol. The lowest BCUT2D eigenvalue weighted by Gasteiger charge is -2.34. The van der Waals surface area contributed by atoms with Gasteiger partial charge in [-0.15, -0.1) is 0 Å². The van der Waals surface area contributed by atoms with Gasteiger partial charge < -0.3 is 25.8 Å². The summed E-state index contributed by atoms with van der Waals surface area (Å²) in [6.45, 7) is 0.946. The van der Waals surface area contributed by atoms with Crippen LogP contribution in [0.2, 0.25) is 0 Å². The summed E-state index contributed by atoms with van der Waals surface area (Å²) < 4.78 is 9.89. The molecule has 7 heteroatoms. The van der Waals surface area contributed by atoms with Crippen LogP contribution in [0, 0.1) is 0 Å². The van der Waals surface area contributed by atoms with Crippen LogP contribution in [0.4, 0.5) is 0 Å². The number of rotatable bonds is 4. The van der Waals surface area contributed by atoms with Gasteiger partial charge in [-0.2, -0.15) is 0 Å². The van der Waals surface area contributed by atoms with E-state index < -0.39 is 18.0 Å². The van der Waals surface area contributed by atoms with Crippen LogP contribution in [0.5, 0.6) is 0 Å². The number of methoxy groups -OCH3 is 1. The van der Waals surface area contributed by atoms with Gasteiger partial charge in [-0.1, -0.05) is 0 Å². The van der Waals surface area contributed by atoms with Crippen LogP contribution in [0.1, 0.15) is 0 Å². The minimum Gasteiger partial charge on any atom is -0.383 e. The van der Waals surface area contributed by atoms with Crippen molar-refractivity contribution in [1.29, 1.82) is 0 Å². The number of hydrogen-bond donors (Lipinski definition) is 2. The van der Waals surface area contributed by atoms with E-state index in [1.807, 2.05) is 0 Å². The summed E-state index contributed by atoms with van der Waals surface area (Å²) in [4.78, 5) is 24.3. The van der Waals surface area contributed by atoms with E-state index >= 15 is 0 Å². The van der Waals surface area contributed by atoms with E-state index in [9.17, 15) is 9.59 Å². The second-order valence-corrected chi connectivity index (χ2v) is 3.59. The zero-order valence-corrected chi connectivity index (χ0v) is 9.22. The van der Waals surface area contributed by atoms with Crippen molar-refractivity contribution in [1.82, 2.24) is 4.90 Å². The Balaban J connectivity index is 2.67. The van der Waals surface area contributed by atoms with Crippen LogP contribution in [-0.4, -0.2) is 62.3 Å². The van der Waals surface area contributed by atoms with Crippen molar-refractivity contribution in [2.24, 2.45) is 11.5 Å². The summed E-state index contributed by atoms with van der Waals surface area (Å²) in [7, 11) is 1.46. The molecule has 0 aliphatic carbocycles. The Morgan fingerprint density at radius 2 is 2.31 bits per heavy atom. The predicted octanol–water partition coefficient (Wildman–Crippen LogP) is -2.33. The first-order chi connectivity index (χ1) is 7.57. The number of amides is 2. The van der Waals surface area contributed by atoms with Gasteiger partial charge in [0.25, 0.3) is 0 Å². The van der Waals surface area contributed by atoms with Crippen LogP contribution >= 0.6 is 0 Å². The Morgan fingerprint density at radius 3 is 2.88 bits per heavy atom. The largest absolute Gasteiger partial charge is 0.383 e.